The van der Waals surface area contributed by atoms with Gasteiger partial charge in [-0.1, -0.05) is 6.92 Å². The molecule has 0 aliphatic carbocycles. The first-order valence-corrected chi connectivity index (χ1v) is 5.83. The fourth-order valence-electron chi connectivity index (χ4n) is 1.57. The van der Waals surface area contributed by atoms with Gasteiger partial charge >= 0.3 is 5.97 Å². The van der Waals surface area contributed by atoms with Gasteiger partial charge in [-0.25, -0.2) is 4.79 Å². The smallest absolute Gasteiger partial charge is 0.326 e. The van der Waals surface area contributed by atoms with E-state index >= 15 is 0 Å². The van der Waals surface area contributed by atoms with Crippen LogP contribution in [0.25, 0.3) is 0 Å². The molecule has 0 aromatic heterocycles. The van der Waals surface area contributed by atoms with Gasteiger partial charge in [-0.3, -0.25) is 14.9 Å². The Labute approximate surface area is 114 Å². The van der Waals surface area contributed by atoms with Crippen molar-refractivity contribution in [1.29, 1.82) is 0 Å². The zero-order valence-corrected chi connectivity index (χ0v) is 10.7. The summed E-state index contributed by atoms with van der Waals surface area (Å²) in [5, 5.41) is 31.5. The average molecular weight is 282 g/mol. The van der Waals surface area contributed by atoms with Crippen LogP contribution in [0.4, 0.5) is 5.69 Å². The molecule has 0 heterocycles. The molecule has 8 heteroatoms. The van der Waals surface area contributed by atoms with E-state index in [1.165, 1.54) is 0 Å². The molecule has 108 valence electrons. The van der Waals surface area contributed by atoms with Crippen LogP contribution in [0.5, 0.6) is 5.75 Å². The van der Waals surface area contributed by atoms with Crippen molar-refractivity contribution in [3.05, 3.63) is 33.9 Å². The SMILES string of the molecule is CCC(=O)N[C@@H](Cc1cc([N+](=O)[O-])ccc1O)C(=O)O. The number of amides is 1. The normalized spacial score (nSPS) is 11.7. The van der Waals surface area contributed by atoms with Crippen LogP contribution in [0.1, 0.15) is 18.9 Å². The van der Waals surface area contributed by atoms with E-state index in [9.17, 15) is 24.8 Å². The highest BCUT2D eigenvalue weighted by atomic mass is 16.6. The number of phenolic OH excluding ortho intramolecular Hbond substituents is 1. The number of nitro groups is 1. The molecular weight excluding hydrogens is 268 g/mol. The molecule has 1 rings (SSSR count). The van der Waals surface area contributed by atoms with E-state index in [4.69, 9.17) is 5.11 Å². The summed E-state index contributed by atoms with van der Waals surface area (Å²) in [5.41, 5.74) is -0.174. The molecule has 8 nitrogen and oxygen atoms in total. The van der Waals surface area contributed by atoms with Crippen molar-refractivity contribution in [2.75, 3.05) is 0 Å². The molecule has 0 saturated heterocycles. The fourth-order valence-corrected chi connectivity index (χ4v) is 1.57. The van der Waals surface area contributed by atoms with Crippen molar-refractivity contribution in [3.63, 3.8) is 0 Å². The van der Waals surface area contributed by atoms with Gasteiger partial charge in [-0.2, -0.15) is 0 Å². The average Bonchev–Trinajstić information content (AvgIpc) is 2.39. The summed E-state index contributed by atoms with van der Waals surface area (Å²) in [6.07, 6.45) is -0.126. The summed E-state index contributed by atoms with van der Waals surface area (Å²) in [7, 11) is 0. The van der Waals surface area contributed by atoms with Crippen molar-refractivity contribution < 1.29 is 24.7 Å². The summed E-state index contributed by atoms with van der Waals surface area (Å²) in [6, 6.07) is 2.06. The number of non-ortho nitro benzene ring substituents is 1. The lowest BCUT2D eigenvalue weighted by molar-refractivity contribution is -0.384. The molecule has 0 fully saturated rings. The van der Waals surface area contributed by atoms with Crippen LogP contribution in [0, 0.1) is 10.1 Å². The van der Waals surface area contributed by atoms with Crippen molar-refractivity contribution in [3.8, 4) is 5.75 Å². The molecule has 0 aliphatic rings. The van der Waals surface area contributed by atoms with Crippen LogP contribution in [0.15, 0.2) is 18.2 Å². The summed E-state index contributed by atoms with van der Waals surface area (Å²) in [6.45, 7) is 1.57. The Bertz CT molecular complexity index is 543. The molecule has 3 N–H and O–H groups in total. The van der Waals surface area contributed by atoms with Crippen LogP contribution in [0.2, 0.25) is 0 Å². The minimum absolute atomic E-state index is 0.0861. The Hall–Kier alpha value is -2.64. The molecule has 1 amide bonds. The number of carboxylic acid groups (broad SMARTS) is 1. The molecule has 0 unspecified atom stereocenters. The Morgan fingerprint density at radius 2 is 2.10 bits per heavy atom. The van der Waals surface area contributed by atoms with E-state index in [0.29, 0.717) is 0 Å². The lowest BCUT2D eigenvalue weighted by atomic mass is 10.0. The largest absolute Gasteiger partial charge is 0.508 e. The van der Waals surface area contributed by atoms with Crippen molar-refractivity contribution in [1.82, 2.24) is 5.32 Å². The molecule has 0 spiro atoms. The highest BCUT2D eigenvalue weighted by molar-refractivity contribution is 5.83. The zero-order chi connectivity index (χ0) is 15.3. The molecule has 1 atom stereocenters. The molecule has 1 aromatic carbocycles. The predicted molar refractivity (Wildman–Crippen MR) is 68.3 cm³/mol. The topological polar surface area (TPSA) is 130 Å². The number of benzene rings is 1. The third-order valence-corrected chi connectivity index (χ3v) is 2.65. The third-order valence-electron chi connectivity index (χ3n) is 2.65. The molecule has 20 heavy (non-hydrogen) atoms. The Morgan fingerprint density at radius 1 is 1.45 bits per heavy atom. The molecule has 0 saturated carbocycles. The first-order chi connectivity index (χ1) is 9.35. The number of nitro benzene ring substituents is 1. The summed E-state index contributed by atoms with van der Waals surface area (Å²) < 4.78 is 0. The first kappa shape index (κ1) is 15.4. The van der Waals surface area contributed by atoms with Crippen LogP contribution in [-0.2, 0) is 16.0 Å². The van der Waals surface area contributed by atoms with Crippen LogP contribution < -0.4 is 5.32 Å². The Kier molecular flexibility index (Phi) is 5.01. The number of hydrogen-bond acceptors (Lipinski definition) is 5. The van der Waals surface area contributed by atoms with Gasteiger partial charge in [0, 0.05) is 30.5 Å². The van der Waals surface area contributed by atoms with Crippen LogP contribution >= 0.6 is 0 Å². The van der Waals surface area contributed by atoms with Crippen molar-refractivity contribution in [2.45, 2.75) is 25.8 Å². The first-order valence-electron chi connectivity index (χ1n) is 5.83. The quantitative estimate of drug-likeness (QED) is 0.523. The minimum Gasteiger partial charge on any atom is -0.508 e. The van der Waals surface area contributed by atoms with E-state index in [1.807, 2.05) is 0 Å². The highest BCUT2D eigenvalue weighted by Gasteiger charge is 2.22. The summed E-state index contributed by atoms with van der Waals surface area (Å²) >= 11 is 0. The Balaban J connectivity index is 2.98. The number of nitrogens with zero attached hydrogens (tertiary/aromatic N) is 1. The maximum absolute atomic E-state index is 11.2. The number of phenols is 1. The van der Waals surface area contributed by atoms with Gasteiger partial charge in [0.25, 0.3) is 5.69 Å². The third kappa shape index (κ3) is 3.94. The van der Waals surface area contributed by atoms with Crippen molar-refractivity contribution in [2.24, 2.45) is 0 Å². The van der Waals surface area contributed by atoms with E-state index < -0.39 is 22.8 Å². The molecule has 0 aliphatic heterocycles. The number of carbonyl (C=O) groups excluding carboxylic acids is 1. The van der Waals surface area contributed by atoms with Gasteiger partial charge < -0.3 is 15.5 Å². The summed E-state index contributed by atoms with van der Waals surface area (Å²) in [4.78, 5) is 32.3. The predicted octanol–water partition coefficient (Wildman–Crippen LogP) is 0.822. The number of carbonyl (C=O) groups is 2. The van der Waals surface area contributed by atoms with Gasteiger partial charge in [-0.05, 0) is 6.07 Å². The second-order valence-corrected chi connectivity index (χ2v) is 4.09. The van der Waals surface area contributed by atoms with E-state index in [-0.39, 0.29) is 29.8 Å². The minimum atomic E-state index is -1.28. The number of nitrogens with one attached hydrogen (secondary N) is 1. The van der Waals surface area contributed by atoms with Gasteiger partial charge in [0.15, 0.2) is 0 Å². The van der Waals surface area contributed by atoms with E-state index in [2.05, 4.69) is 5.32 Å². The maximum atomic E-state index is 11.2. The van der Waals surface area contributed by atoms with Gasteiger partial charge in [0.05, 0.1) is 4.92 Å². The summed E-state index contributed by atoms with van der Waals surface area (Å²) in [5.74, 6) is -1.99. The number of hydrogen-bond donors (Lipinski definition) is 3. The second-order valence-electron chi connectivity index (χ2n) is 4.09. The molecule has 0 bridgehead atoms. The molecular formula is C12H14N2O6. The number of rotatable bonds is 6. The maximum Gasteiger partial charge on any atom is 0.326 e. The zero-order valence-electron chi connectivity index (χ0n) is 10.7. The van der Waals surface area contributed by atoms with Gasteiger partial charge in [-0.15, -0.1) is 0 Å². The van der Waals surface area contributed by atoms with E-state index in [0.717, 1.165) is 18.2 Å². The van der Waals surface area contributed by atoms with Crippen LogP contribution in [-0.4, -0.2) is 33.1 Å². The fraction of sp³-hybridized carbons (Fsp3) is 0.333. The monoisotopic (exact) mass is 282 g/mol. The standard InChI is InChI=1S/C12H14N2O6/c1-2-11(16)13-9(12(17)18)6-7-5-8(14(19)20)3-4-10(7)15/h3-5,9,15H,2,6H2,1H3,(H,13,16)(H,17,18)/t9-/m0/s1. The van der Waals surface area contributed by atoms with Crippen molar-refractivity contribution >= 4 is 17.6 Å². The lowest BCUT2D eigenvalue weighted by Gasteiger charge is -2.14. The Morgan fingerprint density at radius 3 is 2.60 bits per heavy atom. The van der Waals surface area contributed by atoms with E-state index in [1.54, 1.807) is 6.92 Å². The molecule has 1 aromatic rings. The second kappa shape index (κ2) is 6.50. The number of aromatic hydroxyl groups is 1. The highest BCUT2D eigenvalue weighted by Crippen LogP contribution is 2.24. The van der Waals surface area contributed by atoms with Crippen LogP contribution in [0.3, 0.4) is 0 Å². The lowest BCUT2D eigenvalue weighted by Crippen LogP contribution is -2.42. The molecule has 0 radical (unpaired) electrons. The van der Waals surface area contributed by atoms with Gasteiger partial charge in [0.1, 0.15) is 11.8 Å². The number of aliphatic carboxylic acids is 1. The van der Waals surface area contributed by atoms with Gasteiger partial charge in [0.2, 0.25) is 5.91 Å². The number of carboxylic acids is 1.